The van der Waals surface area contributed by atoms with Crippen molar-refractivity contribution in [3.63, 3.8) is 0 Å². The number of hydrogen-bond acceptors (Lipinski definition) is 3. The molecule has 2 heterocycles. The molecule has 0 aliphatic carbocycles. The van der Waals surface area contributed by atoms with Crippen LogP contribution in [0.4, 0.5) is 0 Å². The average molecular weight is 218 g/mol. The van der Waals surface area contributed by atoms with Crippen molar-refractivity contribution in [1.29, 1.82) is 0 Å². The van der Waals surface area contributed by atoms with Crippen LogP contribution in [0.5, 0.6) is 0 Å². The van der Waals surface area contributed by atoms with Gasteiger partial charge in [-0.15, -0.1) is 0 Å². The summed E-state index contributed by atoms with van der Waals surface area (Å²) in [4.78, 5) is 13.2. The first-order valence-electron chi connectivity index (χ1n) is 4.61. The third-order valence-electron chi connectivity index (χ3n) is 3.07. The second-order valence-corrected chi connectivity index (χ2v) is 6.04. The maximum Gasteiger partial charge on any atom is 0.245 e. The van der Waals surface area contributed by atoms with Gasteiger partial charge in [-0.3, -0.25) is 4.79 Å². The monoisotopic (exact) mass is 218 g/mol. The summed E-state index contributed by atoms with van der Waals surface area (Å²) in [6.07, 6.45) is 2.63. The molecule has 1 amide bonds. The molecule has 0 unspecified atom stereocenters. The number of carbonyl (C=O) groups is 1. The van der Waals surface area contributed by atoms with E-state index in [-0.39, 0.29) is 5.91 Å². The zero-order chi connectivity index (χ0) is 10.6. The Morgan fingerprint density at radius 2 is 2.07 bits per heavy atom. The molecule has 2 fully saturated rings. The van der Waals surface area contributed by atoms with Gasteiger partial charge >= 0.3 is 0 Å². The Balaban J connectivity index is 2.33. The first-order valence-corrected chi connectivity index (χ1v) is 6.46. The highest BCUT2D eigenvalue weighted by Gasteiger charge is 2.59. The minimum atomic E-state index is -3.24. The number of likely N-dealkylation sites (tertiary alicyclic amines) is 1. The third-order valence-corrected chi connectivity index (χ3v) is 4.41. The van der Waals surface area contributed by atoms with Crippen molar-refractivity contribution in [3.05, 3.63) is 0 Å². The van der Waals surface area contributed by atoms with Crippen LogP contribution in [0.2, 0.25) is 0 Å². The van der Waals surface area contributed by atoms with E-state index >= 15 is 0 Å². The first kappa shape index (κ1) is 9.92. The zero-order valence-corrected chi connectivity index (χ0v) is 9.17. The predicted molar refractivity (Wildman–Crippen MR) is 51.2 cm³/mol. The molecule has 0 radical (unpaired) electrons. The lowest BCUT2D eigenvalue weighted by Gasteiger charge is -2.48. The van der Waals surface area contributed by atoms with E-state index in [1.54, 1.807) is 11.9 Å². The average Bonchev–Trinajstić information content (AvgIpc) is 2.49. The highest BCUT2D eigenvalue weighted by Crippen LogP contribution is 2.39. The fraction of sp³-hybridized carbons (Fsp3) is 0.875. The van der Waals surface area contributed by atoms with Gasteiger partial charge in [-0.1, -0.05) is 0 Å². The Bertz CT molecular complexity index is 378. The van der Waals surface area contributed by atoms with Crippen LogP contribution >= 0.6 is 0 Å². The molecule has 0 saturated carbocycles. The standard InChI is InChI=1S/C8H14N2O3S/c1-9-6-8(7(9)11)4-3-5-10(8)14(2,12)13/h3-6H2,1-2H3/t8-/m1/s1. The van der Waals surface area contributed by atoms with Gasteiger partial charge in [0.05, 0.1) is 6.26 Å². The summed E-state index contributed by atoms with van der Waals surface area (Å²) < 4.78 is 24.3. The van der Waals surface area contributed by atoms with Gasteiger partial charge in [0.15, 0.2) is 0 Å². The van der Waals surface area contributed by atoms with Crippen molar-refractivity contribution >= 4 is 15.9 Å². The summed E-state index contributed by atoms with van der Waals surface area (Å²) in [5.74, 6) is -0.0552. The van der Waals surface area contributed by atoms with E-state index in [4.69, 9.17) is 0 Å². The molecule has 2 aliphatic heterocycles. The molecule has 0 bridgehead atoms. The summed E-state index contributed by atoms with van der Waals surface area (Å²) in [6.45, 7) is 1.03. The number of nitrogens with zero attached hydrogens (tertiary/aromatic N) is 2. The van der Waals surface area contributed by atoms with E-state index in [9.17, 15) is 13.2 Å². The molecule has 0 aromatic heterocycles. The van der Waals surface area contributed by atoms with Gasteiger partial charge in [-0.2, -0.15) is 4.31 Å². The minimum absolute atomic E-state index is 0.0552. The number of β-lactam (4-membered cyclic amide) rings is 1. The number of sulfonamides is 1. The largest absolute Gasteiger partial charge is 0.342 e. The molecule has 0 aromatic rings. The van der Waals surface area contributed by atoms with Crippen molar-refractivity contribution in [2.75, 3.05) is 26.4 Å². The molecule has 6 heteroatoms. The molecule has 0 N–H and O–H groups in total. The van der Waals surface area contributed by atoms with Crippen LogP contribution in [-0.2, 0) is 14.8 Å². The normalized spacial score (nSPS) is 33.9. The van der Waals surface area contributed by atoms with Crippen molar-refractivity contribution in [2.24, 2.45) is 0 Å². The van der Waals surface area contributed by atoms with Gasteiger partial charge in [0.1, 0.15) is 5.54 Å². The molecule has 5 nitrogen and oxygen atoms in total. The maximum atomic E-state index is 11.7. The van der Waals surface area contributed by atoms with Crippen LogP contribution in [0.25, 0.3) is 0 Å². The van der Waals surface area contributed by atoms with Gasteiger partial charge in [0.25, 0.3) is 0 Å². The molecule has 1 atom stereocenters. The van der Waals surface area contributed by atoms with Crippen LogP contribution in [0, 0.1) is 0 Å². The molecular weight excluding hydrogens is 204 g/mol. The van der Waals surface area contributed by atoms with E-state index < -0.39 is 15.6 Å². The molecule has 2 aliphatic rings. The molecule has 2 saturated heterocycles. The van der Waals surface area contributed by atoms with E-state index in [0.29, 0.717) is 19.5 Å². The van der Waals surface area contributed by atoms with Gasteiger partial charge in [-0.25, -0.2) is 8.42 Å². The number of hydrogen-bond donors (Lipinski definition) is 0. The Morgan fingerprint density at radius 3 is 2.50 bits per heavy atom. The van der Waals surface area contributed by atoms with E-state index in [0.717, 1.165) is 6.42 Å². The van der Waals surface area contributed by atoms with Crippen LogP contribution in [0.15, 0.2) is 0 Å². The first-order chi connectivity index (χ1) is 6.38. The summed E-state index contributed by atoms with van der Waals surface area (Å²) in [5, 5.41) is 0. The summed E-state index contributed by atoms with van der Waals surface area (Å²) >= 11 is 0. The summed E-state index contributed by atoms with van der Waals surface area (Å²) in [7, 11) is -1.54. The predicted octanol–water partition coefficient (Wildman–Crippen LogP) is -0.747. The Hall–Kier alpha value is -0.620. The van der Waals surface area contributed by atoms with Crippen molar-refractivity contribution < 1.29 is 13.2 Å². The van der Waals surface area contributed by atoms with Crippen molar-refractivity contribution in [2.45, 2.75) is 18.4 Å². The smallest absolute Gasteiger partial charge is 0.245 e. The lowest BCUT2D eigenvalue weighted by Crippen LogP contribution is -2.71. The van der Waals surface area contributed by atoms with Crippen LogP contribution < -0.4 is 0 Å². The fourth-order valence-electron chi connectivity index (χ4n) is 2.50. The fourth-order valence-corrected chi connectivity index (χ4v) is 3.83. The van der Waals surface area contributed by atoms with Crippen LogP contribution in [0.1, 0.15) is 12.8 Å². The van der Waals surface area contributed by atoms with Crippen molar-refractivity contribution in [1.82, 2.24) is 9.21 Å². The Labute approximate surface area is 83.7 Å². The molecular formula is C8H14N2O3S. The molecule has 80 valence electrons. The SMILES string of the molecule is CN1C[C@]2(CCCN2S(C)(=O)=O)C1=O. The van der Waals surface area contributed by atoms with Gasteiger partial charge in [0.2, 0.25) is 15.9 Å². The maximum absolute atomic E-state index is 11.7. The summed E-state index contributed by atoms with van der Waals surface area (Å²) in [6, 6.07) is 0. The number of carbonyl (C=O) groups excluding carboxylic acids is 1. The van der Waals surface area contributed by atoms with Gasteiger partial charge < -0.3 is 4.90 Å². The number of likely N-dealkylation sites (N-methyl/N-ethyl adjacent to an activating group) is 1. The minimum Gasteiger partial charge on any atom is -0.342 e. The Morgan fingerprint density at radius 1 is 1.43 bits per heavy atom. The molecule has 1 spiro atoms. The Kier molecular flexibility index (Phi) is 1.91. The van der Waals surface area contributed by atoms with Gasteiger partial charge in [-0.05, 0) is 12.8 Å². The van der Waals surface area contributed by atoms with E-state index in [1.165, 1.54) is 10.6 Å². The highest BCUT2D eigenvalue weighted by molar-refractivity contribution is 7.88. The number of rotatable bonds is 1. The molecule has 0 aromatic carbocycles. The van der Waals surface area contributed by atoms with E-state index in [2.05, 4.69) is 0 Å². The second-order valence-electron chi connectivity index (χ2n) is 4.13. The highest BCUT2D eigenvalue weighted by atomic mass is 32.2. The van der Waals surface area contributed by atoms with Crippen LogP contribution in [-0.4, -0.2) is 55.5 Å². The van der Waals surface area contributed by atoms with Crippen molar-refractivity contribution in [3.8, 4) is 0 Å². The lowest BCUT2D eigenvalue weighted by molar-refractivity contribution is -0.154. The van der Waals surface area contributed by atoms with E-state index in [1.807, 2.05) is 0 Å². The topological polar surface area (TPSA) is 57.7 Å². The molecule has 14 heavy (non-hydrogen) atoms. The zero-order valence-electron chi connectivity index (χ0n) is 8.36. The second kappa shape index (κ2) is 2.70. The third kappa shape index (κ3) is 1.10. The number of amides is 1. The molecule has 2 rings (SSSR count). The van der Waals surface area contributed by atoms with Gasteiger partial charge in [0, 0.05) is 20.1 Å². The lowest BCUT2D eigenvalue weighted by atomic mass is 9.88. The summed E-state index contributed by atoms with van der Waals surface area (Å²) in [5.41, 5.74) is -0.720. The van der Waals surface area contributed by atoms with Crippen LogP contribution in [0.3, 0.4) is 0 Å². The quantitative estimate of drug-likeness (QED) is 0.544.